The lowest BCUT2D eigenvalue weighted by Gasteiger charge is -2.29. The van der Waals surface area contributed by atoms with Crippen molar-refractivity contribution in [2.45, 2.75) is 6.42 Å². The second-order valence-electron chi connectivity index (χ2n) is 4.87. The Hall–Kier alpha value is -1.64. The Labute approximate surface area is 129 Å². The van der Waals surface area contributed by atoms with Crippen molar-refractivity contribution in [1.82, 2.24) is 0 Å². The van der Waals surface area contributed by atoms with Gasteiger partial charge in [0.15, 0.2) is 5.78 Å². The van der Waals surface area contributed by atoms with E-state index in [4.69, 9.17) is 9.47 Å². The Kier molecular flexibility index (Phi) is 5.38. The summed E-state index contributed by atoms with van der Waals surface area (Å²) in [5, 5.41) is 9.47. The van der Waals surface area contributed by atoms with E-state index in [2.05, 4.69) is 0 Å². The van der Waals surface area contributed by atoms with E-state index >= 15 is 0 Å². The normalized spacial score (nSPS) is 15.0. The molecule has 0 atom stereocenters. The maximum atomic E-state index is 12.4. The molecule has 0 unspecified atom stereocenters. The molecule has 1 aliphatic rings. The van der Waals surface area contributed by atoms with Crippen LogP contribution < -0.4 is 4.31 Å². The van der Waals surface area contributed by atoms with Crippen LogP contribution in [0.4, 0.5) is 5.69 Å². The fourth-order valence-electron chi connectivity index (χ4n) is 2.23. The number of anilines is 1. The number of aromatic hydroxyl groups is 1. The smallest absolute Gasteiger partial charge is 0.237 e. The number of sulfonamides is 1. The van der Waals surface area contributed by atoms with Gasteiger partial charge < -0.3 is 14.6 Å². The first-order chi connectivity index (χ1) is 10.5. The van der Waals surface area contributed by atoms with Crippen LogP contribution in [0, 0.1) is 0 Å². The Balaban J connectivity index is 2.12. The third kappa shape index (κ3) is 3.76. The van der Waals surface area contributed by atoms with E-state index in [1.807, 2.05) is 0 Å². The predicted octanol–water partition coefficient (Wildman–Crippen LogP) is 0.778. The number of hydrogen-bond acceptors (Lipinski definition) is 6. The van der Waals surface area contributed by atoms with Crippen molar-refractivity contribution >= 4 is 21.5 Å². The van der Waals surface area contributed by atoms with Crippen LogP contribution >= 0.6 is 0 Å². The Bertz CT molecular complexity index is 643. The van der Waals surface area contributed by atoms with E-state index in [-0.39, 0.29) is 42.4 Å². The van der Waals surface area contributed by atoms with Gasteiger partial charge in [-0.2, -0.15) is 0 Å². The van der Waals surface area contributed by atoms with Crippen molar-refractivity contribution in [2.75, 3.05) is 43.5 Å². The minimum absolute atomic E-state index is 0.0591. The van der Waals surface area contributed by atoms with Crippen molar-refractivity contribution in [1.29, 1.82) is 0 Å². The average molecular weight is 329 g/mol. The van der Waals surface area contributed by atoms with Crippen LogP contribution in [0.5, 0.6) is 5.75 Å². The van der Waals surface area contributed by atoms with E-state index in [0.717, 1.165) is 0 Å². The summed E-state index contributed by atoms with van der Waals surface area (Å²) < 4.78 is 36.0. The number of nitrogens with zero attached hydrogens (tertiary/aromatic N) is 1. The van der Waals surface area contributed by atoms with Crippen molar-refractivity contribution in [3.8, 4) is 5.75 Å². The summed E-state index contributed by atoms with van der Waals surface area (Å²) in [4.78, 5) is 11.9. The van der Waals surface area contributed by atoms with Gasteiger partial charge in [0, 0.05) is 25.6 Å². The highest BCUT2D eigenvalue weighted by molar-refractivity contribution is 7.92. The van der Waals surface area contributed by atoms with E-state index in [1.165, 1.54) is 29.6 Å². The Morgan fingerprint density at radius 1 is 1.27 bits per heavy atom. The number of rotatable bonds is 7. The largest absolute Gasteiger partial charge is 0.508 e. The van der Waals surface area contributed by atoms with Crippen LogP contribution in [-0.4, -0.2) is 58.5 Å². The molecule has 0 aliphatic carbocycles. The summed E-state index contributed by atoms with van der Waals surface area (Å²) in [6.07, 6.45) is 0.0974. The van der Waals surface area contributed by atoms with E-state index < -0.39 is 10.0 Å². The highest BCUT2D eigenvalue weighted by atomic mass is 32.2. The predicted molar refractivity (Wildman–Crippen MR) is 80.9 cm³/mol. The summed E-state index contributed by atoms with van der Waals surface area (Å²) in [5.41, 5.74) is 0.543. The van der Waals surface area contributed by atoms with Crippen LogP contribution in [0.3, 0.4) is 0 Å². The monoisotopic (exact) mass is 329 g/mol. The number of carbonyl (C=O) groups excluding carboxylic acids is 1. The molecule has 1 aromatic carbocycles. The number of methoxy groups -OCH3 is 1. The Morgan fingerprint density at radius 2 is 2.05 bits per heavy atom. The second kappa shape index (κ2) is 7.08. The number of carbonyl (C=O) groups is 1. The first-order valence-corrected chi connectivity index (χ1v) is 8.50. The molecule has 1 N–H and O–H groups in total. The number of Topliss-reactive ketones (excluding diaryl/α,β-unsaturated/α-hetero) is 1. The van der Waals surface area contributed by atoms with Gasteiger partial charge in [-0.15, -0.1) is 0 Å². The zero-order chi connectivity index (χ0) is 16.2. The van der Waals surface area contributed by atoms with Crippen LogP contribution in [0.15, 0.2) is 18.2 Å². The molecule has 0 bridgehead atoms. The molecule has 0 amide bonds. The SMILES string of the molecule is COCCOCCS(=O)(=O)N1CCC(=O)c2cc(O)ccc21. The van der Waals surface area contributed by atoms with Gasteiger partial charge in [-0.3, -0.25) is 9.10 Å². The molecule has 0 saturated carbocycles. The summed E-state index contributed by atoms with van der Waals surface area (Å²) >= 11 is 0. The van der Waals surface area contributed by atoms with E-state index in [0.29, 0.717) is 18.9 Å². The molecule has 8 heteroatoms. The van der Waals surface area contributed by atoms with Gasteiger partial charge in [0.25, 0.3) is 0 Å². The van der Waals surface area contributed by atoms with Gasteiger partial charge >= 0.3 is 0 Å². The third-order valence-electron chi connectivity index (χ3n) is 3.34. The number of hydrogen-bond donors (Lipinski definition) is 1. The summed E-state index contributed by atoms with van der Waals surface area (Å²) in [5.74, 6) is -0.409. The highest BCUT2D eigenvalue weighted by Gasteiger charge is 2.31. The lowest BCUT2D eigenvalue weighted by Crippen LogP contribution is -2.39. The quantitative estimate of drug-likeness (QED) is 0.743. The van der Waals surface area contributed by atoms with Gasteiger partial charge in [0.05, 0.1) is 31.3 Å². The fraction of sp³-hybridized carbons (Fsp3) is 0.500. The van der Waals surface area contributed by atoms with Crippen molar-refractivity contribution < 1.29 is 27.8 Å². The molecule has 7 nitrogen and oxygen atoms in total. The van der Waals surface area contributed by atoms with Crippen LogP contribution in [0.2, 0.25) is 0 Å². The topological polar surface area (TPSA) is 93.1 Å². The van der Waals surface area contributed by atoms with Gasteiger partial charge in [0.2, 0.25) is 10.0 Å². The third-order valence-corrected chi connectivity index (χ3v) is 5.08. The van der Waals surface area contributed by atoms with Crippen molar-refractivity contribution in [3.63, 3.8) is 0 Å². The molecule has 0 radical (unpaired) electrons. The number of phenols is 1. The minimum Gasteiger partial charge on any atom is -0.508 e. The molecule has 0 fully saturated rings. The standard InChI is InChI=1S/C14H19NO6S/c1-20-6-7-21-8-9-22(18,19)15-5-4-14(17)12-10-11(16)2-3-13(12)15/h2-3,10,16H,4-9H2,1H3. The molecule has 2 rings (SSSR count). The van der Waals surface area contributed by atoms with Gasteiger partial charge in [-0.25, -0.2) is 8.42 Å². The van der Waals surface area contributed by atoms with Crippen molar-refractivity contribution in [3.05, 3.63) is 23.8 Å². The number of ether oxygens (including phenoxy) is 2. The zero-order valence-electron chi connectivity index (χ0n) is 12.3. The van der Waals surface area contributed by atoms with Gasteiger partial charge in [-0.1, -0.05) is 0 Å². The summed E-state index contributed by atoms with van der Waals surface area (Å²) in [6, 6.07) is 4.12. The number of phenolic OH excluding ortho intramolecular Hbond substituents is 1. The van der Waals surface area contributed by atoms with E-state index in [1.54, 1.807) is 0 Å². The fourth-order valence-corrected chi connectivity index (χ4v) is 3.61. The number of fused-ring (bicyclic) bond motifs is 1. The molecule has 0 spiro atoms. The molecule has 22 heavy (non-hydrogen) atoms. The molecule has 1 aromatic rings. The maximum absolute atomic E-state index is 12.4. The van der Waals surface area contributed by atoms with Gasteiger partial charge in [0.1, 0.15) is 5.75 Å². The van der Waals surface area contributed by atoms with Crippen LogP contribution in [0.1, 0.15) is 16.8 Å². The molecular formula is C14H19NO6S. The summed E-state index contributed by atoms with van der Waals surface area (Å²) in [6.45, 7) is 0.899. The lowest BCUT2D eigenvalue weighted by molar-refractivity contribution is 0.0785. The first-order valence-electron chi connectivity index (χ1n) is 6.89. The molecule has 1 heterocycles. The lowest BCUT2D eigenvalue weighted by atomic mass is 10.0. The molecule has 122 valence electrons. The second-order valence-corrected chi connectivity index (χ2v) is 6.88. The minimum atomic E-state index is -3.59. The molecular weight excluding hydrogens is 310 g/mol. The Morgan fingerprint density at radius 3 is 2.77 bits per heavy atom. The average Bonchev–Trinajstić information content (AvgIpc) is 2.47. The molecule has 0 aromatic heterocycles. The van der Waals surface area contributed by atoms with Crippen LogP contribution in [0.25, 0.3) is 0 Å². The van der Waals surface area contributed by atoms with E-state index in [9.17, 15) is 18.3 Å². The van der Waals surface area contributed by atoms with Gasteiger partial charge in [-0.05, 0) is 18.2 Å². The molecule has 1 aliphatic heterocycles. The van der Waals surface area contributed by atoms with Crippen molar-refractivity contribution in [2.24, 2.45) is 0 Å². The summed E-state index contributed by atoms with van der Waals surface area (Å²) in [7, 11) is -2.05. The number of ketones is 1. The highest BCUT2D eigenvalue weighted by Crippen LogP contribution is 2.32. The maximum Gasteiger partial charge on any atom is 0.237 e. The first kappa shape index (κ1) is 16.7. The molecule has 0 saturated heterocycles. The zero-order valence-corrected chi connectivity index (χ0v) is 13.1. The number of benzene rings is 1. The van der Waals surface area contributed by atoms with Crippen LogP contribution in [-0.2, 0) is 19.5 Å².